The van der Waals surface area contributed by atoms with Crippen LogP contribution in [0.5, 0.6) is 0 Å². The van der Waals surface area contributed by atoms with Crippen LogP contribution in [0.15, 0.2) is 58.0 Å². The summed E-state index contributed by atoms with van der Waals surface area (Å²) in [5, 5.41) is 9.68. The lowest BCUT2D eigenvalue weighted by Gasteiger charge is -2.24. The van der Waals surface area contributed by atoms with E-state index in [-0.39, 0.29) is 17.7 Å². The van der Waals surface area contributed by atoms with Crippen LogP contribution in [0.25, 0.3) is 0 Å². The van der Waals surface area contributed by atoms with Gasteiger partial charge in [-0.2, -0.15) is 17.8 Å². The van der Waals surface area contributed by atoms with Crippen LogP contribution < -0.4 is 5.32 Å². The molecular formula is C22H25ClFN5O2S. The SMILES string of the molecule is CN/C(=N\S(=O)(=O)N1CCCCC1)N1CC(c2cccc(F)c2)C(c2ccc(Cl)cc2)=N1. The Morgan fingerprint density at radius 2 is 1.88 bits per heavy atom. The smallest absolute Gasteiger partial charge is 0.325 e. The molecule has 170 valence electrons. The van der Waals surface area contributed by atoms with E-state index in [9.17, 15) is 12.8 Å². The molecule has 4 rings (SSSR count). The monoisotopic (exact) mass is 477 g/mol. The Morgan fingerprint density at radius 3 is 2.53 bits per heavy atom. The van der Waals surface area contributed by atoms with Gasteiger partial charge in [0.2, 0.25) is 5.96 Å². The number of guanidine groups is 1. The van der Waals surface area contributed by atoms with Gasteiger partial charge in [-0.1, -0.05) is 42.3 Å². The Balaban J connectivity index is 1.70. The first-order valence-corrected chi connectivity index (χ1v) is 12.3. The highest BCUT2D eigenvalue weighted by atomic mass is 35.5. The Morgan fingerprint density at radius 1 is 1.16 bits per heavy atom. The molecule has 1 saturated heterocycles. The van der Waals surface area contributed by atoms with Crippen molar-refractivity contribution in [1.82, 2.24) is 14.6 Å². The van der Waals surface area contributed by atoms with Crippen LogP contribution in [0.3, 0.4) is 0 Å². The average Bonchev–Trinajstić information content (AvgIpc) is 3.24. The van der Waals surface area contributed by atoms with Crippen molar-refractivity contribution in [2.24, 2.45) is 9.50 Å². The Hall–Kier alpha value is -2.49. The predicted molar refractivity (Wildman–Crippen MR) is 125 cm³/mol. The Bertz CT molecular complexity index is 1130. The zero-order valence-electron chi connectivity index (χ0n) is 17.7. The quantitative estimate of drug-likeness (QED) is 0.539. The first-order chi connectivity index (χ1) is 15.4. The maximum absolute atomic E-state index is 14.0. The van der Waals surface area contributed by atoms with Gasteiger partial charge in [0.05, 0.1) is 12.3 Å². The molecule has 2 aliphatic heterocycles. The number of rotatable bonds is 4. The average molecular weight is 478 g/mol. The molecule has 2 aromatic rings. The summed E-state index contributed by atoms with van der Waals surface area (Å²) < 4.78 is 45.1. The summed E-state index contributed by atoms with van der Waals surface area (Å²) >= 11 is 6.04. The van der Waals surface area contributed by atoms with E-state index < -0.39 is 10.2 Å². The Kier molecular flexibility index (Phi) is 6.78. The molecule has 0 saturated carbocycles. The van der Waals surface area contributed by atoms with Crippen molar-refractivity contribution in [2.75, 3.05) is 26.7 Å². The summed E-state index contributed by atoms with van der Waals surface area (Å²) in [4.78, 5) is 0. The third-order valence-electron chi connectivity index (χ3n) is 5.62. The van der Waals surface area contributed by atoms with Gasteiger partial charge in [-0.05, 0) is 48.2 Å². The fourth-order valence-corrected chi connectivity index (χ4v) is 5.35. The molecule has 1 N–H and O–H groups in total. The number of nitrogens with zero attached hydrogens (tertiary/aromatic N) is 4. The fraction of sp³-hybridized carbons (Fsp3) is 0.364. The first kappa shape index (κ1) is 22.7. The molecule has 2 aromatic carbocycles. The number of benzene rings is 2. The highest BCUT2D eigenvalue weighted by Crippen LogP contribution is 2.30. The van der Waals surface area contributed by atoms with Crippen molar-refractivity contribution >= 4 is 33.5 Å². The second-order valence-electron chi connectivity index (χ2n) is 7.78. The van der Waals surface area contributed by atoms with Crippen molar-refractivity contribution in [1.29, 1.82) is 0 Å². The molecule has 32 heavy (non-hydrogen) atoms. The molecule has 0 amide bonds. The highest BCUT2D eigenvalue weighted by Gasteiger charge is 2.33. The van der Waals surface area contributed by atoms with Crippen LogP contribution in [0, 0.1) is 5.82 Å². The van der Waals surface area contributed by atoms with Crippen molar-refractivity contribution in [2.45, 2.75) is 25.2 Å². The normalized spacial score (nSPS) is 20.3. The van der Waals surface area contributed by atoms with Gasteiger partial charge in [-0.25, -0.2) is 9.40 Å². The molecule has 1 atom stereocenters. The maximum atomic E-state index is 14.0. The van der Waals surface area contributed by atoms with E-state index in [1.165, 1.54) is 21.4 Å². The van der Waals surface area contributed by atoms with Crippen molar-refractivity contribution < 1.29 is 12.8 Å². The molecule has 0 radical (unpaired) electrons. The molecule has 2 aliphatic rings. The zero-order chi connectivity index (χ0) is 22.7. The van der Waals surface area contributed by atoms with Gasteiger partial charge >= 0.3 is 10.2 Å². The lowest BCUT2D eigenvalue weighted by Crippen LogP contribution is -2.40. The van der Waals surface area contributed by atoms with Crippen LogP contribution in [0.2, 0.25) is 5.02 Å². The summed E-state index contributed by atoms with van der Waals surface area (Å²) in [6, 6.07) is 13.6. The summed E-state index contributed by atoms with van der Waals surface area (Å²) in [5.41, 5.74) is 2.25. The van der Waals surface area contributed by atoms with Crippen molar-refractivity contribution in [3.8, 4) is 0 Å². The van der Waals surface area contributed by atoms with Crippen molar-refractivity contribution in [3.63, 3.8) is 0 Å². The van der Waals surface area contributed by atoms with E-state index in [4.69, 9.17) is 11.6 Å². The molecule has 1 unspecified atom stereocenters. The molecule has 0 bridgehead atoms. The number of halogens is 2. The van der Waals surface area contributed by atoms with E-state index in [1.54, 1.807) is 25.2 Å². The summed E-state index contributed by atoms with van der Waals surface area (Å²) in [6.07, 6.45) is 2.67. The minimum Gasteiger partial charge on any atom is -0.357 e. The molecule has 0 aliphatic carbocycles. The molecular weight excluding hydrogens is 453 g/mol. The second-order valence-corrected chi connectivity index (χ2v) is 9.82. The lowest BCUT2D eigenvalue weighted by atomic mass is 9.90. The van der Waals surface area contributed by atoms with Gasteiger partial charge in [-0.3, -0.25) is 0 Å². The lowest BCUT2D eigenvalue weighted by molar-refractivity contribution is 0.346. The van der Waals surface area contributed by atoms with Gasteiger partial charge in [0, 0.05) is 31.1 Å². The van der Waals surface area contributed by atoms with Gasteiger partial charge in [-0.15, -0.1) is 4.40 Å². The maximum Gasteiger partial charge on any atom is 0.325 e. The topological polar surface area (TPSA) is 77.4 Å². The van der Waals surface area contributed by atoms with E-state index in [0.717, 1.165) is 30.4 Å². The van der Waals surface area contributed by atoms with E-state index in [2.05, 4.69) is 14.8 Å². The van der Waals surface area contributed by atoms with Crippen LogP contribution in [0.4, 0.5) is 4.39 Å². The molecule has 1 fully saturated rings. The predicted octanol–water partition coefficient (Wildman–Crippen LogP) is 3.59. The van der Waals surface area contributed by atoms with E-state index in [0.29, 0.717) is 30.4 Å². The van der Waals surface area contributed by atoms with Gasteiger partial charge < -0.3 is 5.32 Å². The third kappa shape index (κ3) is 4.95. The third-order valence-corrected chi connectivity index (χ3v) is 7.29. The summed E-state index contributed by atoms with van der Waals surface area (Å²) in [5.74, 6) is -0.490. The van der Waals surface area contributed by atoms with Crippen LogP contribution in [-0.2, 0) is 10.2 Å². The van der Waals surface area contributed by atoms with Gasteiger partial charge in [0.1, 0.15) is 5.82 Å². The van der Waals surface area contributed by atoms with Gasteiger partial charge in [0.25, 0.3) is 0 Å². The van der Waals surface area contributed by atoms with Crippen molar-refractivity contribution in [3.05, 3.63) is 70.5 Å². The number of piperidine rings is 1. The second kappa shape index (κ2) is 9.56. The largest absolute Gasteiger partial charge is 0.357 e. The Labute approximate surface area is 192 Å². The van der Waals surface area contributed by atoms with Gasteiger partial charge in [0.15, 0.2) is 0 Å². The van der Waals surface area contributed by atoms with Crippen LogP contribution >= 0.6 is 11.6 Å². The fourth-order valence-electron chi connectivity index (χ4n) is 3.98. The van der Waals surface area contributed by atoms with E-state index in [1.807, 2.05) is 18.2 Å². The number of hydrazone groups is 1. The molecule has 0 spiro atoms. The first-order valence-electron chi connectivity index (χ1n) is 10.5. The molecule has 10 heteroatoms. The number of nitrogens with one attached hydrogen (secondary N) is 1. The van der Waals surface area contributed by atoms with Crippen LogP contribution in [0.1, 0.15) is 36.3 Å². The highest BCUT2D eigenvalue weighted by molar-refractivity contribution is 7.87. The van der Waals surface area contributed by atoms with E-state index >= 15 is 0 Å². The zero-order valence-corrected chi connectivity index (χ0v) is 19.3. The van der Waals surface area contributed by atoms with Crippen LogP contribution in [-0.4, -0.2) is 56.1 Å². The summed E-state index contributed by atoms with van der Waals surface area (Å²) in [7, 11) is -2.23. The molecule has 0 aromatic heterocycles. The minimum atomic E-state index is -3.84. The molecule has 7 nitrogen and oxygen atoms in total. The summed E-state index contributed by atoms with van der Waals surface area (Å²) in [6.45, 7) is 1.25. The number of hydrogen-bond acceptors (Lipinski definition) is 3. The minimum absolute atomic E-state index is 0.126. The number of hydrogen-bond donors (Lipinski definition) is 1. The standard InChI is InChI=1S/C22H25ClFN5O2S/c1-25-22(27-32(30,31)28-12-3-2-4-13-28)29-15-20(17-6-5-7-19(24)14-17)21(26-29)16-8-10-18(23)11-9-16/h5-11,14,20H,2-4,12-13,15H2,1H3,(H,25,27). The molecule has 2 heterocycles.